The van der Waals surface area contributed by atoms with E-state index in [2.05, 4.69) is 9.97 Å². The van der Waals surface area contributed by atoms with Crippen molar-refractivity contribution in [2.24, 2.45) is 0 Å². The summed E-state index contributed by atoms with van der Waals surface area (Å²) < 4.78 is 39.8. The first-order valence-electron chi connectivity index (χ1n) is 16.8. The molecule has 0 unspecified atom stereocenters. The Balaban J connectivity index is 1.75. The second-order valence-corrected chi connectivity index (χ2v) is 15.2. The second kappa shape index (κ2) is 12.8. The molecule has 6 rings (SSSR count). The van der Waals surface area contributed by atoms with Gasteiger partial charge in [0, 0.05) is 30.6 Å². The van der Waals surface area contributed by atoms with Gasteiger partial charge in [0.25, 0.3) is 11.5 Å². The van der Waals surface area contributed by atoms with E-state index in [1.165, 1.54) is 41.4 Å². The molecule has 0 bridgehead atoms. The van der Waals surface area contributed by atoms with Crippen LogP contribution in [0.15, 0.2) is 35.4 Å². The van der Waals surface area contributed by atoms with Gasteiger partial charge in [-0.05, 0) is 57.7 Å². The number of phenols is 1. The van der Waals surface area contributed by atoms with Gasteiger partial charge in [-0.3, -0.25) is 14.2 Å². The van der Waals surface area contributed by atoms with E-state index in [1.807, 2.05) is 27.7 Å². The molecule has 1 saturated heterocycles. The first kappa shape index (κ1) is 36.0. The molecule has 2 atom stereocenters. The smallest absolute Gasteiger partial charge is 0.410 e. The number of nitrogens with zero attached hydrogens (tertiary/aromatic N) is 6. The number of ether oxygens (including phenoxy) is 1. The molecule has 4 aromatic rings. The van der Waals surface area contributed by atoms with Crippen LogP contribution in [0.3, 0.4) is 0 Å². The Bertz CT molecular complexity index is 2120. The topological polar surface area (TPSA) is 121 Å². The quantitative estimate of drug-likeness (QED) is 0.236. The summed E-state index contributed by atoms with van der Waals surface area (Å²) in [6.07, 6.45) is 0.799. The SMILES string of the molecule is CC(C)c1ncnc(C(C)C)c1-n1c(=O)c2c(c3cc(Cl)c(-c4c(O)cccc4F)c(F)c31)N1C[C@@H](C)N(C(=O)OC(C)(C)C)C[C@@H]1C(=O)N2C. The van der Waals surface area contributed by atoms with E-state index >= 15 is 13.6 Å². The van der Waals surface area contributed by atoms with Crippen LogP contribution in [0, 0.1) is 11.6 Å². The second-order valence-electron chi connectivity index (χ2n) is 14.8. The lowest BCUT2D eigenvalue weighted by atomic mass is 9.95. The molecule has 2 aliphatic heterocycles. The van der Waals surface area contributed by atoms with Gasteiger partial charge in [-0.2, -0.15) is 0 Å². The van der Waals surface area contributed by atoms with Crippen LogP contribution in [0.4, 0.5) is 25.0 Å². The van der Waals surface area contributed by atoms with Crippen LogP contribution in [0.1, 0.15) is 78.6 Å². The number of amides is 2. The molecule has 1 N–H and O–H groups in total. The van der Waals surface area contributed by atoms with E-state index in [0.29, 0.717) is 11.4 Å². The summed E-state index contributed by atoms with van der Waals surface area (Å²) in [4.78, 5) is 56.0. The highest BCUT2D eigenvalue weighted by atomic mass is 35.5. The maximum atomic E-state index is 17.6. The molecule has 2 amide bonds. The molecule has 270 valence electrons. The van der Waals surface area contributed by atoms with Crippen molar-refractivity contribution in [1.29, 1.82) is 0 Å². The predicted octanol–water partition coefficient (Wildman–Crippen LogP) is 7.12. The van der Waals surface area contributed by atoms with Crippen molar-refractivity contribution in [2.45, 2.75) is 84.9 Å². The molecule has 1 fully saturated rings. The highest BCUT2D eigenvalue weighted by Crippen LogP contribution is 2.48. The summed E-state index contributed by atoms with van der Waals surface area (Å²) in [5.41, 5.74) is -1.37. The number of piperazine rings is 1. The molecule has 0 aliphatic carbocycles. The highest BCUT2D eigenvalue weighted by molar-refractivity contribution is 6.35. The summed E-state index contributed by atoms with van der Waals surface area (Å²) in [7, 11) is 1.46. The van der Waals surface area contributed by atoms with Crippen LogP contribution in [-0.2, 0) is 9.53 Å². The Hall–Kier alpha value is -4.78. The van der Waals surface area contributed by atoms with Crippen LogP contribution in [0.2, 0.25) is 5.02 Å². The number of aromatic hydroxyl groups is 1. The van der Waals surface area contributed by atoms with Gasteiger partial charge in [0.2, 0.25) is 0 Å². The lowest BCUT2D eigenvalue weighted by Gasteiger charge is -2.50. The number of likely N-dealkylation sites (N-methyl/N-ethyl adjacent to an activating group) is 1. The third-order valence-electron chi connectivity index (χ3n) is 9.34. The summed E-state index contributed by atoms with van der Waals surface area (Å²) in [6, 6.07) is 3.55. The van der Waals surface area contributed by atoms with Crippen LogP contribution in [-0.4, -0.2) is 74.4 Å². The van der Waals surface area contributed by atoms with Crippen molar-refractivity contribution in [3.63, 3.8) is 0 Å². The first-order valence-corrected chi connectivity index (χ1v) is 17.2. The summed E-state index contributed by atoms with van der Waals surface area (Å²) in [6.45, 7) is 14.6. The molecule has 2 aromatic carbocycles. The number of anilines is 2. The fraction of sp³-hybridized carbons (Fsp3) is 0.432. The van der Waals surface area contributed by atoms with Gasteiger partial charge in [-0.15, -0.1) is 0 Å². The lowest BCUT2D eigenvalue weighted by Crippen LogP contribution is -2.66. The minimum Gasteiger partial charge on any atom is -0.507 e. The molecular weight excluding hydrogens is 682 g/mol. The number of halogens is 3. The Labute approximate surface area is 299 Å². The van der Waals surface area contributed by atoms with Crippen molar-refractivity contribution < 1.29 is 28.2 Å². The fourth-order valence-electron chi connectivity index (χ4n) is 7.06. The van der Waals surface area contributed by atoms with Crippen molar-refractivity contribution in [3.8, 4) is 22.6 Å². The predicted molar refractivity (Wildman–Crippen MR) is 192 cm³/mol. The summed E-state index contributed by atoms with van der Waals surface area (Å²) in [5.74, 6) is -3.50. The summed E-state index contributed by atoms with van der Waals surface area (Å²) >= 11 is 6.83. The van der Waals surface area contributed by atoms with E-state index in [9.17, 15) is 14.7 Å². The third kappa shape index (κ3) is 5.84. The highest BCUT2D eigenvalue weighted by Gasteiger charge is 2.47. The number of aromatic nitrogens is 3. The van der Waals surface area contributed by atoms with Gasteiger partial charge in [0.1, 0.15) is 35.2 Å². The van der Waals surface area contributed by atoms with Crippen molar-refractivity contribution in [1.82, 2.24) is 19.4 Å². The Morgan fingerprint density at radius 3 is 2.20 bits per heavy atom. The Kier molecular flexibility index (Phi) is 9.02. The molecule has 11 nitrogen and oxygen atoms in total. The number of pyridine rings is 1. The van der Waals surface area contributed by atoms with Crippen molar-refractivity contribution in [2.75, 3.05) is 29.9 Å². The lowest BCUT2D eigenvalue weighted by molar-refractivity contribution is -0.121. The molecule has 0 radical (unpaired) electrons. The Morgan fingerprint density at radius 2 is 1.63 bits per heavy atom. The number of phenolic OH excluding ortho intramolecular Hbond substituents is 1. The molecule has 2 aliphatic rings. The van der Waals surface area contributed by atoms with E-state index in [4.69, 9.17) is 16.3 Å². The molecular formula is C37H41ClF2N6O5. The van der Waals surface area contributed by atoms with Crippen molar-refractivity contribution in [3.05, 3.63) is 69.0 Å². The molecule has 51 heavy (non-hydrogen) atoms. The average molecular weight is 723 g/mol. The van der Waals surface area contributed by atoms with E-state index in [-0.39, 0.29) is 57.9 Å². The zero-order chi connectivity index (χ0) is 37.4. The fourth-order valence-corrected chi connectivity index (χ4v) is 7.35. The van der Waals surface area contributed by atoms with Crippen molar-refractivity contribution >= 4 is 45.9 Å². The van der Waals surface area contributed by atoms with E-state index in [1.54, 1.807) is 32.6 Å². The number of rotatable bonds is 4. The van der Waals surface area contributed by atoms with E-state index in [0.717, 1.165) is 10.6 Å². The monoisotopic (exact) mass is 722 g/mol. The molecule has 4 heterocycles. The standard InChI is InChI=1S/C37H41ClF2N6O5/c1-17(2)28-32(29(18(3)4)42-16-41-28)46-30-20(13-21(38)25(27(30)40)26-22(39)11-10-12-24(26)47)31-33(35(46)49)43(9)34(48)23-15-44(19(5)14-45(23)31)36(50)51-37(6,7)8/h10-13,16-19,23,47H,14-15H2,1-9H3/t19-,23-/m1/s1. The molecule has 14 heteroatoms. The number of fused-ring (bicyclic) bond motifs is 5. The maximum absolute atomic E-state index is 17.6. The third-order valence-corrected chi connectivity index (χ3v) is 9.64. The molecule has 0 spiro atoms. The number of benzene rings is 2. The number of carbonyl (C=O) groups excluding carboxylic acids is 2. The van der Waals surface area contributed by atoms with Gasteiger partial charge < -0.3 is 24.5 Å². The largest absolute Gasteiger partial charge is 0.507 e. The van der Waals surface area contributed by atoms with E-state index < -0.39 is 63.8 Å². The maximum Gasteiger partial charge on any atom is 0.410 e. The minimum absolute atomic E-state index is 0.0353. The van der Waals surface area contributed by atoms with Crippen LogP contribution < -0.4 is 15.4 Å². The summed E-state index contributed by atoms with van der Waals surface area (Å²) in [5, 5.41) is 10.7. The normalized spacial score (nSPS) is 17.8. The molecule has 2 aromatic heterocycles. The van der Waals surface area contributed by atoms with Gasteiger partial charge in [-0.1, -0.05) is 45.4 Å². The van der Waals surface area contributed by atoms with Crippen LogP contribution >= 0.6 is 11.6 Å². The molecule has 0 saturated carbocycles. The number of carbonyl (C=O) groups is 2. The van der Waals surface area contributed by atoms with Crippen LogP contribution in [0.25, 0.3) is 27.7 Å². The number of hydrogen-bond acceptors (Lipinski definition) is 8. The first-order chi connectivity index (χ1) is 23.8. The average Bonchev–Trinajstić information content (AvgIpc) is 3.03. The Morgan fingerprint density at radius 1 is 1.00 bits per heavy atom. The van der Waals surface area contributed by atoms with Gasteiger partial charge >= 0.3 is 6.09 Å². The van der Waals surface area contributed by atoms with Crippen LogP contribution in [0.5, 0.6) is 5.75 Å². The number of hydrogen-bond donors (Lipinski definition) is 1. The van der Waals surface area contributed by atoms with Gasteiger partial charge in [0.05, 0.1) is 45.4 Å². The zero-order valence-electron chi connectivity index (χ0n) is 30.0. The van der Waals surface area contributed by atoms with Gasteiger partial charge in [0.15, 0.2) is 5.82 Å². The zero-order valence-corrected chi connectivity index (χ0v) is 30.8. The van der Waals surface area contributed by atoms with Gasteiger partial charge in [-0.25, -0.2) is 23.5 Å². The minimum atomic E-state index is -1.07.